The smallest absolute Gasteiger partial charge is 0.210 e. The lowest BCUT2D eigenvalue weighted by atomic mass is 10.0. The molecule has 4 nitrogen and oxygen atoms in total. The van der Waals surface area contributed by atoms with Crippen molar-refractivity contribution in [2.75, 3.05) is 6.61 Å². The second kappa shape index (κ2) is 4.51. The van der Waals surface area contributed by atoms with E-state index in [2.05, 4.69) is 5.10 Å². The molecule has 0 amide bonds. The molecule has 86 valence electrons. The highest BCUT2D eigenvalue weighted by Crippen LogP contribution is 2.18. The Kier molecular flexibility index (Phi) is 3.08. The summed E-state index contributed by atoms with van der Waals surface area (Å²) < 4.78 is 6.94. The largest absolute Gasteiger partial charge is 0.501 e. The number of ketones is 1. The van der Waals surface area contributed by atoms with Gasteiger partial charge in [0.05, 0.1) is 18.6 Å². The van der Waals surface area contributed by atoms with Gasteiger partial charge in [-0.1, -0.05) is 0 Å². The van der Waals surface area contributed by atoms with Gasteiger partial charge >= 0.3 is 0 Å². The van der Waals surface area contributed by atoms with Crippen molar-refractivity contribution < 1.29 is 9.53 Å². The maximum absolute atomic E-state index is 12.2. The van der Waals surface area contributed by atoms with Gasteiger partial charge < -0.3 is 4.74 Å². The van der Waals surface area contributed by atoms with Crippen LogP contribution in [0.5, 0.6) is 0 Å². The molecular formula is C12H16N2O2. The van der Waals surface area contributed by atoms with E-state index in [1.54, 1.807) is 10.9 Å². The molecule has 1 aromatic rings. The molecule has 0 unspecified atom stereocenters. The molecule has 0 bridgehead atoms. The van der Waals surface area contributed by atoms with Crippen molar-refractivity contribution in [1.29, 1.82) is 0 Å². The molecule has 1 aliphatic rings. The summed E-state index contributed by atoms with van der Waals surface area (Å²) in [4.78, 5) is 12.2. The molecule has 0 N–H and O–H groups in total. The third kappa shape index (κ3) is 2.01. The van der Waals surface area contributed by atoms with E-state index in [0.29, 0.717) is 18.8 Å². The van der Waals surface area contributed by atoms with Crippen LogP contribution in [-0.2, 0) is 11.3 Å². The zero-order chi connectivity index (χ0) is 11.5. The Hall–Kier alpha value is -1.58. The normalized spacial score (nSPS) is 15.5. The Labute approximate surface area is 94.9 Å². The second-order valence-corrected chi connectivity index (χ2v) is 3.93. The van der Waals surface area contributed by atoms with Crippen LogP contribution in [0.15, 0.2) is 17.9 Å². The standard InChI is InChI=1S/C12H16N2O2/c1-3-14-11(7-9(2)13-14)12(15)10-5-4-6-16-8-10/h7-8H,3-6H2,1-2H3. The number of rotatable bonds is 3. The van der Waals surface area contributed by atoms with Crippen LogP contribution in [0.3, 0.4) is 0 Å². The van der Waals surface area contributed by atoms with Crippen molar-refractivity contribution in [3.05, 3.63) is 29.3 Å². The summed E-state index contributed by atoms with van der Waals surface area (Å²) in [5.41, 5.74) is 2.29. The number of carbonyl (C=O) groups is 1. The minimum atomic E-state index is 0.0437. The average Bonchev–Trinajstić information content (AvgIpc) is 2.70. The highest BCUT2D eigenvalue weighted by Gasteiger charge is 2.19. The van der Waals surface area contributed by atoms with Crippen LogP contribution in [-0.4, -0.2) is 22.2 Å². The van der Waals surface area contributed by atoms with Crippen molar-refractivity contribution in [2.24, 2.45) is 0 Å². The van der Waals surface area contributed by atoms with Gasteiger partial charge in [0.2, 0.25) is 5.78 Å². The fraction of sp³-hybridized carbons (Fsp3) is 0.500. The van der Waals surface area contributed by atoms with Gasteiger partial charge in [0.25, 0.3) is 0 Å². The zero-order valence-electron chi connectivity index (χ0n) is 9.69. The number of allylic oxidation sites excluding steroid dienone is 1. The summed E-state index contributed by atoms with van der Waals surface area (Å²) in [7, 11) is 0. The van der Waals surface area contributed by atoms with Crippen LogP contribution in [0.25, 0.3) is 0 Å². The van der Waals surface area contributed by atoms with Crippen molar-refractivity contribution in [1.82, 2.24) is 9.78 Å². The van der Waals surface area contributed by atoms with Crippen LogP contribution >= 0.6 is 0 Å². The topological polar surface area (TPSA) is 44.1 Å². The average molecular weight is 220 g/mol. The van der Waals surface area contributed by atoms with Gasteiger partial charge in [-0.3, -0.25) is 9.48 Å². The minimum Gasteiger partial charge on any atom is -0.501 e. The van der Waals surface area contributed by atoms with Gasteiger partial charge in [-0.15, -0.1) is 0 Å². The first-order valence-electron chi connectivity index (χ1n) is 5.62. The van der Waals surface area contributed by atoms with E-state index in [0.717, 1.165) is 24.1 Å². The first-order valence-corrected chi connectivity index (χ1v) is 5.62. The lowest BCUT2D eigenvalue weighted by Crippen LogP contribution is -2.14. The number of aryl methyl sites for hydroxylation is 2. The molecule has 0 saturated heterocycles. The Morgan fingerprint density at radius 2 is 2.44 bits per heavy atom. The van der Waals surface area contributed by atoms with E-state index in [9.17, 15) is 4.79 Å². The minimum absolute atomic E-state index is 0.0437. The molecule has 0 fully saturated rings. The van der Waals surface area contributed by atoms with Gasteiger partial charge in [0.1, 0.15) is 5.69 Å². The van der Waals surface area contributed by atoms with Crippen molar-refractivity contribution >= 4 is 5.78 Å². The number of ether oxygens (including phenoxy) is 1. The van der Waals surface area contributed by atoms with E-state index in [4.69, 9.17) is 4.74 Å². The van der Waals surface area contributed by atoms with Crippen molar-refractivity contribution in [2.45, 2.75) is 33.2 Å². The number of hydrogen-bond acceptors (Lipinski definition) is 3. The maximum atomic E-state index is 12.2. The lowest BCUT2D eigenvalue weighted by Gasteiger charge is -2.12. The molecule has 16 heavy (non-hydrogen) atoms. The Morgan fingerprint density at radius 3 is 3.06 bits per heavy atom. The van der Waals surface area contributed by atoms with Gasteiger partial charge in [0.15, 0.2) is 0 Å². The molecule has 2 rings (SSSR count). The second-order valence-electron chi connectivity index (χ2n) is 3.93. The van der Waals surface area contributed by atoms with Crippen molar-refractivity contribution in [3.8, 4) is 0 Å². The molecule has 2 heterocycles. The van der Waals surface area contributed by atoms with Crippen molar-refractivity contribution in [3.63, 3.8) is 0 Å². The summed E-state index contributed by atoms with van der Waals surface area (Å²) in [5.74, 6) is 0.0437. The van der Waals surface area contributed by atoms with E-state index in [-0.39, 0.29) is 5.78 Å². The van der Waals surface area contributed by atoms with Crippen LogP contribution < -0.4 is 0 Å². The maximum Gasteiger partial charge on any atom is 0.210 e. The van der Waals surface area contributed by atoms with Gasteiger partial charge in [-0.25, -0.2) is 0 Å². The Balaban J connectivity index is 2.29. The summed E-state index contributed by atoms with van der Waals surface area (Å²) in [6.07, 6.45) is 3.30. The van der Waals surface area contributed by atoms with Crippen LogP contribution in [0, 0.1) is 6.92 Å². The van der Waals surface area contributed by atoms with E-state index < -0.39 is 0 Å². The predicted molar refractivity (Wildman–Crippen MR) is 60.2 cm³/mol. The van der Waals surface area contributed by atoms with E-state index in [1.165, 1.54) is 0 Å². The summed E-state index contributed by atoms with van der Waals surface area (Å²) in [5, 5.41) is 4.27. The van der Waals surface area contributed by atoms with E-state index >= 15 is 0 Å². The fourth-order valence-corrected chi connectivity index (χ4v) is 1.87. The monoisotopic (exact) mass is 220 g/mol. The highest BCUT2D eigenvalue weighted by atomic mass is 16.5. The zero-order valence-corrected chi connectivity index (χ0v) is 9.69. The third-order valence-electron chi connectivity index (χ3n) is 2.66. The number of hydrogen-bond donors (Lipinski definition) is 0. The predicted octanol–water partition coefficient (Wildman–Crippen LogP) is 2.09. The van der Waals surface area contributed by atoms with Crippen LogP contribution in [0.4, 0.5) is 0 Å². The Morgan fingerprint density at radius 1 is 1.62 bits per heavy atom. The van der Waals surface area contributed by atoms with Gasteiger partial charge in [-0.2, -0.15) is 5.10 Å². The van der Waals surface area contributed by atoms with Crippen LogP contribution in [0.2, 0.25) is 0 Å². The molecule has 0 aliphatic carbocycles. The number of nitrogens with zero attached hydrogens (tertiary/aromatic N) is 2. The van der Waals surface area contributed by atoms with Gasteiger partial charge in [0, 0.05) is 12.1 Å². The Bertz CT molecular complexity index is 432. The van der Waals surface area contributed by atoms with E-state index in [1.807, 2.05) is 19.9 Å². The molecule has 0 saturated carbocycles. The highest BCUT2D eigenvalue weighted by molar-refractivity contribution is 6.07. The summed E-state index contributed by atoms with van der Waals surface area (Å²) in [6, 6.07) is 1.83. The molecule has 1 aromatic heterocycles. The molecule has 0 aromatic carbocycles. The molecule has 0 spiro atoms. The number of Topliss-reactive ketones (excluding diaryl/α,β-unsaturated/α-hetero) is 1. The number of carbonyl (C=O) groups excluding carboxylic acids is 1. The number of aromatic nitrogens is 2. The quantitative estimate of drug-likeness (QED) is 0.732. The SMILES string of the molecule is CCn1nc(C)cc1C(=O)C1=COCCC1. The first kappa shape index (κ1) is 10.9. The molecule has 0 atom stereocenters. The van der Waals surface area contributed by atoms with Gasteiger partial charge in [-0.05, 0) is 32.8 Å². The lowest BCUT2D eigenvalue weighted by molar-refractivity contribution is 0.1000. The summed E-state index contributed by atoms with van der Waals surface area (Å²) >= 11 is 0. The fourth-order valence-electron chi connectivity index (χ4n) is 1.87. The first-order chi connectivity index (χ1) is 7.72. The summed E-state index contributed by atoms with van der Waals surface area (Å²) in [6.45, 7) is 5.30. The molecule has 1 aliphatic heterocycles. The molecule has 4 heteroatoms. The third-order valence-corrected chi connectivity index (χ3v) is 2.66. The molecular weight excluding hydrogens is 204 g/mol. The van der Waals surface area contributed by atoms with Crippen LogP contribution in [0.1, 0.15) is 35.9 Å². The molecule has 0 radical (unpaired) electrons.